The van der Waals surface area contributed by atoms with Crippen molar-refractivity contribution in [3.63, 3.8) is 0 Å². The van der Waals surface area contributed by atoms with E-state index in [1.54, 1.807) is 12.1 Å². The van der Waals surface area contributed by atoms with Crippen molar-refractivity contribution in [2.75, 3.05) is 18.0 Å². The van der Waals surface area contributed by atoms with Crippen LogP contribution in [0.15, 0.2) is 44.6 Å². The van der Waals surface area contributed by atoms with Crippen molar-refractivity contribution in [1.82, 2.24) is 5.32 Å². The first-order chi connectivity index (χ1) is 12.5. The highest BCUT2D eigenvalue weighted by atomic mass is 35.5. The summed E-state index contributed by atoms with van der Waals surface area (Å²) in [6, 6.07) is 9.28. The molecule has 26 heavy (non-hydrogen) atoms. The van der Waals surface area contributed by atoms with Gasteiger partial charge in [0.25, 0.3) is 5.91 Å². The van der Waals surface area contributed by atoms with Crippen LogP contribution in [0, 0.1) is 6.92 Å². The van der Waals surface area contributed by atoms with E-state index < -0.39 is 0 Å². The second-order valence-electron chi connectivity index (χ2n) is 5.76. The lowest BCUT2D eigenvalue weighted by atomic mass is 10.2. The van der Waals surface area contributed by atoms with E-state index in [1.807, 2.05) is 31.2 Å². The van der Waals surface area contributed by atoms with Crippen LogP contribution in [0.4, 0.5) is 11.6 Å². The van der Waals surface area contributed by atoms with Crippen molar-refractivity contribution >= 4 is 52.1 Å². The van der Waals surface area contributed by atoms with Gasteiger partial charge in [0.1, 0.15) is 5.76 Å². The molecule has 1 aromatic heterocycles. The highest BCUT2D eigenvalue weighted by Crippen LogP contribution is 2.31. The predicted octanol–water partition coefficient (Wildman–Crippen LogP) is 4.98. The Balaban J connectivity index is 1.80. The molecule has 0 saturated carbocycles. The molecule has 1 aromatic carbocycles. The van der Waals surface area contributed by atoms with E-state index in [2.05, 4.69) is 29.1 Å². The molecule has 2 heterocycles. The van der Waals surface area contributed by atoms with Gasteiger partial charge in [0.15, 0.2) is 11.1 Å². The SMILES string of the molecule is CCN(CC)c1ccc(C=C2SC(=Nc3cc(Cl)ccc3C)NC2=O)o1. The summed E-state index contributed by atoms with van der Waals surface area (Å²) in [6.07, 6.45) is 1.74. The Labute approximate surface area is 162 Å². The molecular formula is C19H20ClN3O2S. The number of nitrogens with one attached hydrogen (secondary N) is 1. The van der Waals surface area contributed by atoms with E-state index in [9.17, 15) is 4.79 Å². The Morgan fingerprint density at radius 2 is 2.04 bits per heavy atom. The molecule has 0 bridgehead atoms. The fraction of sp³-hybridized carbons (Fsp3) is 0.263. The Morgan fingerprint density at radius 3 is 2.77 bits per heavy atom. The van der Waals surface area contributed by atoms with Crippen LogP contribution in [0.5, 0.6) is 0 Å². The summed E-state index contributed by atoms with van der Waals surface area (Å²) < 4.78 is 5.83. The van der Waals surface area contributed by atoms with Crippen molar-refractivity contribution in [3.05, 3.63) is 51.6 Å². The van der Waals surface area contributed by atoms with Crippen molar-refractivity contribution in [3.8, 4) is 0 Å². The van der Waals surface area contributed by atoms with Gasteiger partial charge in [0.2, 0.25) is 0 Å². The lowest BCUT2D eigenvalue weighted by Crippen LogP contribution is -2.20. The minimum Gasteiger partial charge on any atom is -0.441 e. The number of aryl methyl sites for hydroxylation is 1. The summed E-state index contributed by atoms with van der Waals surface area (Å²) in [6.45, 7) is 7.83. The van der Waals surface area contributed by atoms with Gasteiger partial charge in [0, 0.05) is 30.3 Å². The van der Waals surface area contributed by atoms with Crippen LogP contribution in [-0.2, 0) is 4.79 Å². The van der Waals surface area contributed by atoms with Crippen molar-refractivity contribution < 1.29 is 9.21 Å². The first kappa shape index (κ1) is 18.6. The monoisotopic (exact) mass is 389 g/mol. The summed E-state index contributed by atoms with van der Waals surface area (Å²) in [5.74, 6) is 1.26. The third-order valence-corrected chi connectivity index (χ3v) is 5.15. The van der Waals surface area contributed by atoms with Gasteiger partial charge in [-0.15, -0.1) is 0 Å². The Hall–Kier alpha value is -2.18. The number of hydrogen-bond acceptors (Lipinski definition) is 5. The zero-order valence-corrected chi connectivity index (χ0v) is 16.4. The zero-order valence-electron chi connectivity index (χ0n) is 14.9. The molecular weight excluding hydrogens is 370 g/mol. The van der Waals surface area contributed by atoms with Crippen LogP contribution in [-0.4, -0.2) is 24.2 Å². The average molecular weight is 390 g/mol. The molecule has 1 aliphatic rings. The van der Waals surface area contributed by atoms with E-state index in [4.69, 9.17) is 16.0 Å². The number of carbonyl (C=O) groups excluding carboxylic acids is 1. The molecule has 136 valence electrons. The van der Waals surface area contributed by atoms with Crippen LogP contribution in [0.3, 0.4) is 0 Å². The normalized spacial score (nSPS) is 17.2. The van der Waals surface area contributed by atoms with Gasteiger partial charge in [-0.25, -0.2) is 4.99 Å². The van der Waals surface area contributed by atoms with E-state index >= 15 is 0 Å². The number of amides is 1. The molecule has 1 fully saturated rings. The fourth-order valence-corrected chi connectivity index (χ4v) is 3.53. The summed E-state index contributed by atoms with van der Waals surface area (Å²) in [5, 5.41) is 3.92. The number of thioether (sulfide) groups is 1. The summed E-state index contributed by atoms with van der Waals surface area (Å²) in [7, 11) is 0. The number of benzene rings is 1. The van der Waals surface area contributed by atoms with Crippen molar-refractivity contribution in [2.24, 2.45) is 4.99 Å². The number of furan rings is 1. The minimum absolute atomic E-state index is 0.186. The molecule has 0 unspecified atom stereocenters. The first-order valence-electron chi connectivity index (χ1n) is 8.40. The van der Waals surface area contributed by atoms with E-state index in [1.165, 1.54) is 11.8 Å². The largest absolute Gasteiger partial charge is 0.441 e. The fourth-order valence-electron chi connectivity index (χ4n) is 2.55. The summed E-state index contributed by atoms with van der Waals surface area (Å²) >= 11 is 7.31. The molecule has 0 atom stereocenters. The van der Waals surface area contributed by atoms with Gasteiger partial charge in [-0.3, -0.25) is 4.79 Å². The number of carbonyl (C=O) groups is 1. The maximum atomic E-state index is 12.2. The number of rotatable bonds is 5. The molecule has 2 aromatic rings. The van der Waals surface area contributed by atoms with Gasteiger partial charge in [-0.2, -0.15) is 0 Å². The molecule has 1 N–H and O–H groups in total. The average Bonchev–Trinajstić information content (AvgIpc) is 3.20. The molecule has 0 spiro atoms. The lowest BCUT2D eigenvalue weighted by molar-refractivity contribution is -0.115. The molecule has 7 heteroatoms. The molecule has 1 saturated heterocycles. The highest BCUT2D eigenvalue weighted by molar-refractivity contribution is 8.18. The molecule has 0 radical (unpaired) electrons. The number of hydrogen-bond donors (Lipinski definition) is 1. The van der Waals surface area contributed by atoms with Gasteiger partial charge in [-0.05, 0) is 56.3 Å². The van der Waals surface area contributed by atoms with Gasteiger partial charge < -0.3 is 14.6 Å². The molecule has 1 amide bonds. The van der Waals surface area contributed by atoms with E-state index in [0.717, 1.165) is 30.2 Å². The van der Waals surface area contributed by atoms with E-state index in [0.29, 0.717) is 20.9 Å². The Kier molecular flexibility index (Phi) is 5.74. The standard InChI is InChI=1S/C19H20ClN3O2S/c1-4-23(5-2)17-9-8-14(25-17)11-16-18(24)22-19(26-16)21-15-10-13(20)7-6-12(15)3/h6-11H,4-5H2,1-3H3,(H,21,22,24). The molecule has 5 nitrogen and oxygen atoms in total. The number of anilines is 1. The van der Waals surface area contributed by atoms with Crippen LogP contribution >= 0.6 is 23.4 Å². The first-order valence-corrected chi connectivity index (χ1v) is 9.60. The van der Waals surface area contributed by atoms with Crippen LogP contribution in [0.2, 0.25) is 5.02 Å². The third-order valence-electron chi connectivity index (χ3n) is 4.01. The summed E-state index contributed by atoms with van der Waals surface area (Å²) in [5.41, 5.74) is 1.73. The number of nitrogens with zero attached hydrogens (tertiary/aromatic N) is 2. The smallest absolute Gasteiger partial charge is 0.264 e. The Morgan fingerprint density at radius 1 is 1.27 bits per heavy atom. The number of halogens is 1. The highest BCUT2D eigenvalue weighted by Gasteiger charge is 2.24. The van der Waals surface area contributed by atoms with Gasteiger partial charge >= 0.3 is 0 Å². The van der Waals surface area contributed by atoms with Crippen LogP contribution in [0.25, 0.3) is 6.08 Å². The molecule has 3 rings (SSSR count). The topological polar surface area (TPSA) is 57.8 Å². The second kappa shape index (κ2) is 8.01. The van der Waals surface area contributed by atoms with Gasteiger partial charge in [0.05, 0.1) is 10.6 Å². The maximum Gasteiger partial charge on any atom is 0.264 e. The molecule has 0 aliphatic carbocycles. The van der Waals surface area contributed by atoms with Crippen LogP contribution < -0.4 is 10.2 Å². The Bertz CT molecular complexity index is 885. The van der Waals surface area contributed by atoms with Gasteiger partial charge in [-0.1, -0.05) is 17.7 Å². The number of aliphatic imine (C=N–C) groups is 1. The maximum absolute atomic E-state index is 12.2. The van der Waals surface area contributed by atoms with Crippen molar-refractivity contribution in [2.45, 2.75) is 20.8 Å². The third kappa shape index (κ3) is 4.14. The van der Waals surface area contributed by atoms with E-state index in [-0.39, 0.29) is 5.91 Å². The minimum atomic E-state index is -0.186. The second-order valence-corrected chi connectivity index (χ2v) is 7.23. The zero-order chi connectivity index (χ0) is 18.7. The quantitative estimate of drug-likeness (QED) is 0.732. The van der Waals surface area contributed by atoms with Crippen LogP contribution in [0.1, 0.15) is 25.2 Å². The number of amidine groups is 1. The molecule has 1 aliphatic heterocycles. The lowest BCUT2D eigenvalue weighted by Gasteiger charge is -2.16. The summed E-state index contributed by atoms with van der Waals surface area (Å²) in [4.78, 5) is 19.4. The van der Waals surface area contributed by atoms with Crippen molar-refractivity contribution in [1.29, 1.82) is 0 Å². The predicted molar refractivity (Wildman–Crippen MR) is 109 cm³/mol.